The highest BCUT2D eigenvalue weighted by molar-refractivity contribution is 7.80. The van der Waals surface area contributed by atoms with E-state index in [0.717, 1.165) is 44.9 Å². The van der Waals surface area contributed by atoms with E-state index in [4.69, 9.17) is 23.5 Å². The fourth-order valence-electron chi connectivity index (χ4n) is 6.25. The molecule has 1 heterocycles. The number of aliphatic hydroxyl groups excluding tert-OH is 3. The van der Waals surface area contributed by atoms with Gasteiger partial charge in [0.05, 0.1) is 19.8 Å². The lowest BCUT2D eigenvalue weighted by Gasteiger charge is -2.41. The van der Waals surface area contributed by atoms with Crippen molar-refractivity contribution < 1.29 is 56.2 Å². The molecule has 6 atom stereocenters. The van der Waals surface area contributed by atoms with Crippen molar-refractivity contribution in [1.29, 1.82) is 0 Å². The standard InChI is InChI=1S/C39H74O12S/c1-3-5-7-9-11-13-15-17-19-21-23-25-27-29-47-31-33(49-35(41)28-26-24-22-20-18-16-14-12-10-8-6-4-2)32-48-39-37(43)38(51-52(44,45)46)36(42)34(30-40)50-39/h11,13,33-34,36-40,42-43H,3-10,12,14-32H2,1-2H3,(H,44,45,46)/b13-11-. The van der Waals surface area contributed by atoms with Gasteiger partial charge in [0.25, 0.3) is 0 Å². The van der Waals surface area contributed by atoms with Crippen molar-refractivity contribution in [1.82, 2.24) is 0 Å². The lowest BCUT2D eigenvalue weighted by Crippen LogP contribution is -2.60. The van der Waals surface area contributed by atoms with Crippen LogP contribution in [0.3, 0.4) is 0 Å². The van der Waals surface area contributed by atoms with Gasteiger partial charge in [-0.3, -0.25) is 9.35 Å². The monoisotopic (exact) mass is 766 g/mol. The van der Waals surface area contributed by atoms with Crippen LogP contribution in [0.25, 0.3) is 0 Å². The molecule has 1 aliphatic heterocycles. The minimum atomic E-state index is -5.05. The summed E-state index contributed by atoms with van der Waals surface area (Å²) in [7, 11) is -5.05. The Morgan fingerprint density at radius 2 is 1.21 bits per heavy atom. The van der Waals surface area contributed by atoms with Gasteiger partial charge in [0.1, 0.15) is 30.5 Å². The molecule has 0 aliphatic carbocycles. The van der Waals surface area contributed by atoms with Crippen molar-refractivity contribution in [3.8, 4) is 0 Å². The van der Waals surface area contributed by atoms with Gasteiger partial charge in [-0.25, -0.2) is 4.18 Å². The van der Waals surface area contributed by atoms with Gasteiger partial charge in [0.2, 0.25) is 0 Å². The quantitative estimate of drug-likeness (QED) is 0.0216. The van der Waals surface area contributed by atoms with Crippen molar-refractivity contribution in [2.75, 3.05) is 26.4 Å². The Bertz CT molecular complexity index is 978. The zero-order valence-electron chi connectivity index (χ0n) is 32.4. The molecule has 0 aromatic heterocycles. The molecule has 0 radical (unpaired) electrons. The Kier molecular flexibility index (Phi) is 30.2. The second kappa shape index (κ2) is 32.1. The van der Waals surface area contributed by atoms with Crippen LogP contribution in [-0.4, -0.2) is 97.5 Å². The number of esters is 1. The molecule has 52 heavy (non-hydrogen) atoms. The van der Waals surface area contributed by atoms with Crippen LogP contribution in [0.1, 0.15) is 168 Å². The molecular formula is C39H74O12S. The van der Waals surface area contributed by atoms with Gasteiger partial charge < -0.3 is 34.3 Å². The SMILES string of the molecule is CCCCC/C=C\CCCCCCCCOCC(COC1OC(CO)C(O)C(OS(=O)(=O)O)C1O)OC(=O)CCCCCCCCCCCCCC. The van der Waals surface area contributed by atoms with Crippen LogP contribution in [0.4, 0.5) is 0 Å². The van der Waals surface area contributed by atoms with Gasteiger partial charge in [0, 0.05) is 13.0 Å². The van der Waals surface area contributed by atoms with E-state index in [2.05, 4.69) is 30.2 Å². The highest BCUT2D eigenvalue weighted by atomic mass is 32.3. The van der Waals surface area contributed by atoms with E-state index >= 15 is 0 Å². The van der Waals surface area contributed by atoms with Crippen LogP contribution >= 0.6 is 0 Å². The zero-order chi connectivity index (χ0) is 38.3. The van der Waals surface area contributed by atoms with E-state index in [9.17, 15) is 28.5 Å². The predicted octanol–water partition coefficient (Wildman–Crippen LogP) is 7.52. The van der Waals surface area contributed by atoms with E-state index in [0.29, 0.717) is 13.0 Å². The molecule has 1 saturated heterocycles. The minimum absolute atomic E-state index is 0.0363. The maximum atomic E-state index is 12.8. The normalized spacial score (nSPS) is 21.5. The number of hydrogen-bond acceptors (Lipinski definition) is 11. The summed E-state index contributed by atoms with van der Waals surface area (Å²) in [5.41, 5.74) is 0. The number of hydrogen-bond donors (Lipinski definition) is 4. The number of carbonyl (C=O) groups excluding carboxylic acids is 1. The van der Waals surface area contributed by atoms with Crippen molar-refractivity contribution in [3.63, 3.8) is 0 Å². The first-order valence-electron chi connectivity index (χ1n) is 20.4. The molecule has 12 nitrogen and oxygen atoms in total. The highest BCUT2D eigenvalue weighted by Gasteiger charge is 2.48. The molecule has 6 unspecified atom stereocenters. The fourth-order valence-corrected chi connectivity index (χ4v) is 6.76. The summed E-state index contributed by atoms with van der Waals surface area (Å²) in [4.78, 5) is 12.8. The maximum absolute atomic E-state index is 12.8. The summed E-state index contributed by atoms with van der Waals surface area (Å²) in [5, 5.41) is 30.5. The van der Waals surface area contributed by atoms with E-state index < -0.39 is 59.8 Å². The molecule has 0 aromatic rings. The second-order valence-electron chi connectivity index (χ2n) is 14.2. The summed E-state index contributed by atoms with van der Waals surface area (Å²) in [6, 6.07) is 0. The van der Waals surface area contributed by atoms with Crippen molar-refractivity contribution >= 4 is 16.4 Å². The summed E-state index contributed by atoms with van der Waals surface area (Å²) in [6.45, 7) is 3.94. The second-order valence-corrected chi connectivity index (χ2v) is 15.3. The number of ether oxygens (including phenoxy) is 4. The molecule has 0 aromatic carbocycles. The Balaban J connectivity index is 2.49. The van der Waals surface area contributed by atoms with Crippen molar-refractivity contribution in [2.45, 2.75) is 205 Å². The third-order valence-electron chi connectivity index (χ3n) is 9.39. The Morgan fingerprint density at radius 3 is 1.77 bits per heavy atom. The molecular weight excluding hydrogens is 692 g/mol. The van der Waals surface area contributed by atoms with Gasteiger partial charge in [-0.2, -0.15) is 8.42 Å². The van der Waals surface area contributed by atoms with Gasteiger partial charge in [-0.1, -0.05) is 135 Å². The Morgan fingerprint density at radius 1 is 0.712 bits per heavy atom. The number of rotatable bonds is 35. The minimum Gasteiger partial charge on any atom is -0.457 e. The van der Waals surface area contributed by atoms with Gasteiger partial charge in [-0.05, 0) is 38.5 Å². The van der Waals surface area contributed by atoms with Crippen LogP contribution in [0.5, 0.6) is 0 Å². The highest BCUT2D eigenvalue weighted by Crippen LogP contribution is 2.26. The number of allylic oxidation sites excluding steroid dienone is 2. The molecule has 1 rings (SSSR count). The van der Waals surface area contributed by atoms with E-state index in [1.165, 1.54) is 96.3 Å². The summed E-state index contributed by atoms with van der Waals surface area (Å²) in [5.74, 6) is -0.401. The van der Waals surface area contributed by atoms with Gasteiger partial charge in [0.15, 0.2) is 6.29 Å². The molecule has 0 saturated carbocycles. The lowest BCUT2D eigenvalue weighted by molar-refractivity contribution is -0.301. The molecule has 13 heteroatoms. The van der Waals surface area contributed by atoms with E-state index in [-0.39, 0.29) is 19.6 Å². The number of unbranched alkanes of at least 4 members (excludes halogenated alkanes) is 20. The van der Waals surface area contributed by atoms with Crippen molar-refractivity contribution in [2.24, 2.45) is 0 Å². The molecule has 0 bridgehead atoms. The largest absolute Gasteiger partial charge is 0.457 e. The van der Waals surface area contributed by atoms with Crippen molar-refractivity contribution in [3.05, 3.63) is 12.2 Å². The van der Waals surface area contributed by atoms with Crippen LogP contribution in [0.15, 0.2) is 12.2 Å². The van der Waals surface area contributed by atoms with Gasteiger partial charge >= 0.3 is 16.4 Å². The molecule has 0 spiro atoms. The molecule has 308 valence electrons. The topological polar surface area (TPSA) is 178 Å². The molecule has 4 N–H and O–H groups in total. The first kappa shape index (κ1) is 48.9. The van der Waals surface area contributed by atoms with E-state index in [1.54, 1.807) is 0 Å². The average Bonchev–Trinajstić information content (AvgIpc) is 3.11. The summed E-state index contributed by atoms with van der Waals surface area (Å²) < 4.78 is 58.8. The smallest absolute Gasteiger partial charge is 0.397 e. The first-order valence-corrected chi connectivity index (χ1v) is 21.8. The van der Waals surface area contributed by atoms with Crippen LogP contribution in [0, 0.1) is 0 Å². The van der Waals surface area contributed by atoms with E-state index in [1.807, 2.05) is 0 Å². The first-order chi connectivity index (χ1) is 25.1. The Hall–Kier alpha value is -1.16. The molecule has 1 aliphatic rings. The lowest BCUT2D eigenvalue weighted by atomic mass is 9.99. The third-order valence-corrected chi connectivity index (χ3v) is 9.85. The molecule has 0 amide bonds. The molecule has 1 fully saturated rings. The van der Waals surface area contributed by atoms with Gasteiger partial charge in [-0.15, -0.1) is 0 Å². The average molecular weight is 767 g/mol. The third kappa shape index (κ3) is 25.8. The Labute approximate surface area is 315 Å². The van der Waals surface area contributed by atoms with Crippen LogP contribution in [-0.2, 0) is 38.3 Å². The number of aliphatic hydroxyl groups is 3. The van der Waals surface area contributed by atoms with Crippen LogP contribution in [0.2, 0.25) is 0 Å². The maximum Gasteiger partial charge on any atom is 0.397 e. The predicted molar refractivity (Wildman–Crippen MR) is 202 cm³/mol. The summed E-state index contributed by atoms with van der Waals surface area (Å²) in [6.07, 6.45) is 22.5. The van der Waals surface area contributed by atoms with Crippen LogP contribution < -0.4 is 0 Å². The zero-order valence-corrected chi connectivity index (χ0v) is 33.2. The number of carbonyl (C=O) groups is 1. The fraction of sp³-hybridized carbons (Fsp3) is 0.923. The summed E-state index contributed by atoms with van der Waals surface area (Å²) >= 11 is 0.